The minimum atomic E-state index is -0.564. The second-order valence-corrected chi connectivity index (χ2v) is 7.83. The average Bonchev–Trinajstić information content (AvgIpc) is 3.40. The number of nitrogens with one attached hydrogen (secondary N) is 1. The molecule has 148 valence electrons. The molecular formula is C20H16ClN3O4S. The molecular weight excluding hydrogens is 414 g/mol. The molecule has 0 saturated heterocycles. The molecule has 9 heteroatoms. The van der Waals surface area contributed by atoms with Gasteiger partial charge in [0.2, 0.25) is 5.91 Å². The number of fused-ring (bicyclic) bond motifs is 1. The van der Waals surface area contributed by atoms with Crippen molar-refractivity contribution in [1.82, 2.24) is 14.5 Å². The fourth-order valence-electron chi connectivity index (χ4n) is 3.04. The third kappa shape index (κ3) is 4.03. The predicted octanol–water partition coefficient (Wildman–Crippen LogP) is 2.84. The molecule has 0 aliphatic carbocycles. The molecule has 0 atom stereocenters. The molecule has 1 amide bonds. The number of benzene rings is 1. The Bertz CT molecular complexity index is 1270. The van der Waals surface area contributed by atoms with Gasteiger partial charge in [-0.3, -0.25) is 18.7 Å². The van der Waals surface area contributed by atoms with Crippen molar-refractivity contribution in [2.45, 2.75) is 19.6 Å². The largest absolute Gasteiger partial charge is 0.467 e. The SMILES string of the molecule is O=C(Cn1c(=O)n(Cc2cccs2)c(=O)c2ccc(Cl)cc21)NCc1ccco1. The summed E-state index contributed by atoms with van der Waals surface area (Å²) < 4.78 is 7.60. The Morgan fingerprint density at radius 1 is 1.14 bits per heavy atom. The van der Waals surface area contributed by atoms with E-state index in [9.17, 15) is 14.4 Å². The van der Waals surface area contributed by atoms with Crippen LogP contribution < -0.4 is 16.6 Å². The van der Waals surface area contributed by atoms with Crippen molar-refractivity contribution in [3.63, 3.8) is 0 Å². The van der Waals surface area contributed by atoms with E-state index >= 15 is 0 Å². The summed E-state index contributed by atoms with van der Waals surface area (Å²) in [6.45, 7) is 0.0944. The number of amides is 1. The van der Waals surface area contributed by atoms with Crippen LogP contribution in [0.4, 0.5) is 0 Å². The topological polar surface area (TPSA) is 86.2 Å². The van der Waals surface area contributed by atoms with E-state index in [4.69, 9.17) is 16.0 Å². The van der Waals surface area contributed by atoms with Crippen LogP contribution in [0.25, 0.3) is 10.9 Å². The fourth-order valence-corrected chi connectivity index (χ4v) is 3.90. The molecule has 1 N–H and O–H groups in total. The number of carbonyl (C=O) groups excluding carboxylic acids is 1. The maximum Gasteiger partial charge on any atom is 0.332 e. The van der Waals surface area contributed by atoms with Crippen LogP contribution in [0, 0.1) is 0 Å². The molecule has 0 radical (unpaired) electrons. The Morgan fingerprint density at radius 3 is 2.72 bits per heavy atom. The number of halogens is 1. The van der Waals surface area contributed by atoms with E-state index in [0.717, 1.165) is 9.44 Å². The van der Waals surface area contributed by atoms with Gasteiger partial charge in [0.05, 0.1) is 30.3 Å². The molecule has 1 aromatic carbocycles. The minimum absolute atomic E-state index is 0.141. The molecule has 4 rings (SSSR count). The standard InChI is InChI=1S/C20H16ClN3O4S/c21-13-5-6-16-17(9-13)23(12-18(25)22-10-14-3-1-7-28-14)20(27)24(19(16)26)11-15-4-2-8-29-15/h1-9H,10-12H2,(H,22,25). The van der Waals surface area contributed by atoms with E-state index in [0.29, 0.717) is 21.7 Å². The molecule has 0 unspecified atom stereocenters. The molecule has 7 nitrogen and oxygen atoms in total. The quantitative estimate of drug-likeness (QED) is 0.510. The number of furan rings is 1. The summed E-state index contributed by atoms with van der Waals surface area (Å²) in [5.41, 5.74) is -0.656. The first-order chi connectivity index (χ1) is 14.0. The van der Waals surface area contributed by atoms with Crippen molar-refractivity contribution in [3.8, 4) is 0 Å². The van der Waals surface area contributed by atoms with E-state index in [1.807, 2.05) is 17.5 Å². The van der Waals surface area contributed by atoms with E-state index in [2.05, 4.69) is 5.32 Å². The zero-order valence-electron chi connectivity index (χ0n) is 15.1. The van der Waals surface area contributed by atoms with Gasteiger partial charge in [-0.25, -0.2) is 4.79 Å². The summed E-state index contributed by atoms with van der Waals surface area (Å²) in [5.74, 6) is 0.215. The summed E-state index contributed by atoms with van der Waals surface area (Å²) in [7, 11) is 0. The first kappa shape index (κ1) is 19.2. The third-order valence-electron chi connectivity index (χ3n) is 4.42. The van der Waals surface area contributed by atoms with Crippen LogP contribution >= 0.6 is 22.9 Å². The third-order valence-corrected chi connectivity index (χ3v) is 5.52. The van der Waals surface area contributed by atoms with Crippen LogP contribution in [-0.4, -0.2) is 15.0 Å². The van der Waals surface area contributed by atoms with Crippen molar-refractivity contribution in [2.75, 3.05) is 0 Å². The lowest BCUT2D eigenvalue weighted by molar-refractivity contribution is -0.121. The van der Waals surface area contributed by atoms with Gasteiger partial charge >= 0.3 is 5.69 Å². The van der Waals surface area contributed by atoms with Gasteiger partial charge in [0, 0.05) is 9.90 Å². The molecule has 0 aliphatic rings. The van der Waals surface area contributed by atoms with Crippen LogP contribution in [0.2, 0.25) is 5.02 Å². The Kier molecular flexibility index (Phi) is 5.37. The number of rotatable bonds is 6. The lowest BCUT2D eigenvalue weighted by Gasteiger charge is -2.14. The first-order valence-electron chi connectivity index (χ1n) is 8.77. The number of carbonyl (C=O) groups is 1. The molecule has 0 saturated carbocycles. The highest BCUT2D eigenvalue weighted by Crippen LogP contribution is 2.16. The van der Waals surface area contributed by atoms with E-state index in [-0.39, 0.29) is 25.5 Å². The van der Waals surface area contributed by atoms with Gasteiger partial charge in [0.25, 0.3) is 5.56 Å². The van der Waals surface area contributed by atoms with Gasteiger partial charge in [0.15, 0.2) is 0 Å². The van der Waals surface area contributed by atoms with Crippen molar-refractivity contribution in [2.24, 2.45) is 0 Å². The van der Waals surface area contributed by atoms with Gasteiger partial charge in [0.1, 0.15) is 12.3 Å². The maximum absolute atomic E-state index is 13.1. The smallest absolute Gasteiger partial charge is 0.332 e. The molecule has 4 aromatic rings. The monoisotopic (exact) mass is 429 g/mol. The van der Waals surface area contributed by atoms with Gasteiger partial charge in [-0.15, -0.1) is 11.3 Å². The van der Waals surface area contributed by atoms with Gasteiger partial charge in [-0.05, 0) is 41.8 Å². The summed E-state index contributed by atoms with van der Waals surface area (Å²) in [5, 5.41) is 5.28. The van der Waals surface area contributed by atoms with Gasteiger partial charge < -0.3 is 9.73 Å². The molecule has 0 spiro atoms. The van der Waals surface area contributed by atoms with E-state index in [1.165, 1.54) is 28.2 Å². The fraction of sp³-hybridized carbons (Fsp3) is 0.150. The van der Waals surface area contributed by atoms with Crippen molar-refractivity contribution >= 4 is 39.7 Å². The van der Waals surface area contributed by atoms with Crippen molar-refractivity contribution < 1.29 is 9.21 Å². The average molecular weight is 430 g/mol. The normalized spacial score (nSPS) is 11.1. The molecule has 0 bridgehead atoms. The highest BCUT2D eigenvalue weighted by atomic mass is 35.5. The second kappa shape index (κ2) is 8.10. The Hall–Kier alpha value is -3.10. The Labute approximate surface area is 173 Å². The van der Waals surface area contributed by atoms with Crippen molar-refractivity contribution in [3.05, 3.63) is 90.6 Å². The first-order valence-corrected chi connectivity index (χ1v) is 10.0. The lowest BCUT2D eigenvalue weighted by Crippen LogP contribution is -2.42. The van der Waals surface area contributed by atoms with E-state index < -0.39 is 11.2 Å². The summed E-state index contributed by atoms with van der Waals surface area (Å²) in [6, 6.07) is 11.9. The number of nitrogens with zero attached hydrogens (tertiary/aromatic N) is 2. The van der Waals surface area contributed by atoms with Crippen LogP contribution in [0.5, 0.6) is 0 Å². The highest BCUT2D eigenvalue weighted by molar-refractivity contribution is 7.09. The van der Waals surface area contributed by atoms with Gasteiger partial charge in [-0.2, -0.15) is 0 Å². The number of hydrogen-bond acceptors (Lipinski definition) is 5. The summed E-state index contributed by atoms with van der Waals surface area (Å²) in [6.07, 6.45) is 1.52. The number of aromatic nitrogens is 2. The zero-order chi connectivity index (χ0) is 20.4. The summed E-state index contributed by atoms with van der Waals surface area (Å²) >= 11 is 7.53. The second-order valence-electron chi connectivity index (χ2n) is 6.36. The van der Waals surface area contributed by atoms with Gasteiger partial charge in [-0.1, -0.05) is 17.7 Å². The molecule has 0 fully saturated rings. The lowest BCUT2D eigenvalue weighted by atomic mass is 10.2. The molecule has 0 aliphatic heterocycles. The molecule has 3 heterocycles. The maximum atomic E-state index is 13.1. The van der Waals surface area contributed by atoms with E-state index in [1.54, 1.807) is 24.3 Å². The van der Waals surface area contributed by atoms with Crippen molar-refractivity contribution in [1.29, 1.82) is 0 Å². The number of thiophene rings is 1. The van der Waals surface area contributed by atoms with Crippen LogP contribution in [0.15, 0.2) is 68.1 Å². The molecule has 3 aromatic heterocycles. The Morgan fingerprint density at radius 2 is 2.00 bits per heavy atom. The Balaban J connectivity index is 1.74. The minimum Gasteiger partial charge on any atom is -0.467 e. The van der Waals surface area contributed by atoms with Crippen LogP contribution in [-0.2, 0) is 24.4 Å². The molecule has 29 heavy (non-hydrogen) atoms. The number of hydrogen-bond donors (Lipinski definition) is 1. The van der Waals surface area contributed by atoms with Crippen LogP contribution in [0.3, 0.4) is 0 Å². The highest BCUT2D eigenvalue weighted by Gasteiger charge is 2.16. The van der Waals surface area contributed by atoms with Crippen LogP contribution in [0.1, 0.15) is 10.6 Å². The predicted molar refractivity (Wildman–Crippen MR) is 111 cm³/mol. The zero-order valence-corrected chi connectivity index (χ0v) is 16.7. The summed E-state index contributed by atoms with van der Waals surface area (Å²) in [4.78, 5) is 39.3.